The van der Waals surface area contributed by atoms with Crippen molar-refractivity contribution in [3.8, 4) is 5.75 Å². The van der Waals surface area contributed by atoms with Crippen molar-refractivity contribution in [3.05, 3.63) is 31.9 Å². The van der Waals surface area contributed by atoms with Crippen LogP contribution in [0.25, 0.3) is 6.08 Å². The summed E-state index contributed by atoms with van der Waals surface area (Å²) >= 11 is 7.73. The first-order chi connectivity index (χ1) is 8.70. The number of carbonyl (C=O) groups is 1. The van der Waals surface area contributed by atoms with Crippen LogP contribution in [0.3, 0.4) is 0 Å². The third-order valence-electron chi connectivity index (χ3n) is 2.41. The summed E-state index contributed by atoms with van der Waals surface area (Å²) in [5.41, 5.74) is -0.645. The van der Waals surface area contributed by atoms with Crippen molar-refractivity contribution < 1.29 is 27.8 Å². The minimum atomic E-state index is -4.83. The van der Waals surface area contributed by atoms with Gasteiger partial charge in [0.25, 0.3) is 0 Å². The molecule has 0 spiro atoms. The van der Waals surface area contributed by atoms with Gasteiger partial charge in [-0.1, -0.05) is 11.6 Å². The summed E-state index contributed by atoms with van der Waals surface area (Å²) in [7, 11) is 0. The Balaban J connectivity index is 2.61. The van der Waals surface area contributed by atoms with E-state index in [0.717, 1.165) is 6.08 Å². The van der Waals surface area contributed by atoms with Crippen molar-refractivity contribution in [3.63, 3.8) is 0 Å². The summed E-state index contributed by atoms with van der Waals surface area (Å²) in [6, 6.07) is 2.94. The van der Waals surface area contributed by atoms with Crippen molar-refractivity contribution in [1.29, 1.82) is 0 Å². The minimum Gasteiger partial charge on any atom is -0.478 e. The van der Waals surface area contributed by atoms with E-state index in [1.807, 2.05) is 22.6 Å². The fraction of sp³-hybridized carbons (Fsp3) is 0.182. The Bertz CT molecular complexity index is 583. The molecule has 1 aromatic rings. The van der Waals surface area contributed by atoms with E-state index in [9.17, 15) is 18.0 Å². The van der Waals surface area contributed by atoms with Crippen molar-refractivity contribution in [1.82, 2.24) is 0 Å². The highest BCUT2D eigenvalue weighted by atomic mass is 127. The average molecular weight is 405 g/mol. The lowest BCUT2D eigenvalue weighted by Crippen LogP contribution is -2.40. The number of carboxylic acids is 1. The first kappa shape index (κ1) is 14.4. The fourth-order valence-corrected chi connectivity index (χ4v) is 2.76. The maximum Gasteiger partial charge on any atom is 0.430 e. The molecule has 0 amide bonds. The number of benzene rings is 1. The van der Waals surface area contributed by atoms with Crippen LogP contribution in [0.2, 0.25) is 5.02 Å². The Labute approximate surface area is 124 Å². The zero-order chi connectivity index (χ0) is 14.4. The van der Waals surface area contributed by atoms with Gasteiger partial charge in [-0.2, -0.15) is 13.2 Å². The van der Waals surface area contributed by atoms with Gasteiger partial charge in [-0.15, -0.1) is 0 Å². The lowest BCUT2D eigenvalue weighted by atomic mass is 10.0. The number of ether oxygens (including phenoxy) is 1. The Morgan fingerprint density at radius 1 is 1.42 bits per heavy atom. The van der Waals surface area contributed by atoms with Crippen molar-refractivity contribution in [2.45, 2.75) is 12.3 Å². The summed E-state index contributed by atoms with van der Waals surface area (Å²) in [5, 5.41) is 8.86. The zero-order valence-electron chi connectivity index (χ0n) is 8.96. The van der Waals surface area contributed by atoms with Crippen LogP contribution in [0.5, 0.6) is 5.75 Å². The smallest absolute Gasteiger partial charge is 0.430 e. The minimum absolute atomic E-state index is 0.0110. The molecular formula is C11H5ClF3IO3. The molecule has 0 bridgehead atoms. The predicted octanol–water partition coefficient (Wildman–Crippen LogP) is 3.74. The molecule has 0 radical (unpaired) electrons. The summed E-state index contributed by atoms with van der Waals surface area (Å²) in [6.45, 7) is 0. The molecule has 0 saturated carbocycles. The molecule has 3 nitrogen and oxygen atoms in total. The Morgan fingerprint density at radius 3 is 2.58 bits per heavy atom. The quantitative estimate of drug-likeness (QED) is 0.726. The second-order valence-electron chi connectivity index (χ2n) is 3.75. The van der Waals surface area contributed by atoms with E-state index < -0.39 is 23.8 Å². The van der Waals surface area contributed by atoms with Crippen molar-refractivity contribution in [2.75, 3.05) is 0 Å². The Kier molecular flexibility index (Phi) is 3.69. The number of rotatable bonds is 1. The molecule has 102 valence electrons. The molecule has 1 heterocycles. The molecule has 0 aliphatic carbocycles. The van der Waals surface area contributed by atoms with Gasteiger partial charge in [0, 0.05) is 9.13 Å². The van der Waals surface area contributed by atoms with Gasteiger partial charge in [0.15, 0.2) is 0 Å². The van der Waals surface area contributed by atoms with Gasteiger partial charge in [-0.25, -0.2) is 4.79 Å². The van der Waals surface area contributed by atoms with Gasteiger partial charge in [-0.05, 0) is 40.8 Å². The summed E-state index contributed by atoms with van der Waals surface area (Å²) in [5.74, 6) is -1.84. The number of carboxylic acid groups (broad SMARTS) is 1. The number of halogens is 5. The zero-order valence-corrected chi connectivity index (χ0v) is 11.9. The lowest BCUT2D eigenvalue weighted by molar-refractivity contribution is -0.187. The van der Waals surface area contributed by atoms with Crippen LogP contribution in [0, 0.1) is 3.57 Å². The number of alkyl halides is 3. The van der Waals surface area contributed by atoms with Gasteiger partial charge in [-0.3, -0.25) is 0 Å². The molecule has 1 atom stereocenters. The third-order valence-corrected chi connectivity index (χ3v) is 3.31. The van der Waals surface area contributed by atoms with Gasteiger partial charge in [0.05, 0.1) is 10.6 Å². The second kappa shape index (κ2) is 4.86. The molecule has 1 aliphatic rings. The number of aliphatic carboxylic acids is 1. The SMILES string of the molecule is O=C(O)C1=Cc2cc(I)cc(Cl)c2O[C@@H]1C(F)(F)F. The number of hydrogen-bond acceptors (Lipinski definition) is 2. The van der Waals surface area contributed by atoms with E-state index in [0.29, 0.717) is 3.57 Å². The third kappa shape index (κ3) is 2.81. The van der Waals surface area contributed by atoms with Crippen LogP contribution in [0.15, 0.2) is 17.7 Å². The van der Waals surface area contributed by atoms with Gasteiger partial charge in [0.2, 0.25) is 6.10 Å². The molecule has 8 heteroatoms. The van der Waals surface area contributed by atoms with Gasteiger partial charge >= 0.3 is 12.1 Å². The van der Waals surface area contributed by atoms with Gasteiger partial charge in [0.1, 0.15) is 5.75 Å². The van der Waals surface area contributed by atoms with Crippen LogP contribution in [0.4, 0.5) is 13.2 Å². The van der Waals surface area contributed by atoms with E-state index in [-0.39, 0.29) is 16.3 Å². The van der Waals surface area contributed by atoms with E-state index in [1.165, 1.54) is 12.1 Å². The molecule has 0 fully saturated rings. The monoisotopic (exact) mass is 404 g/mol. The molecule has 0 aromatic heterocycles. The highest BCUT2D eigenvalue weighted by Crippen LogP contribution is 2.41. The van der Waals surface area contributed by atoms with E-state index in [2.05, 4.69) is 0 Å². The maximum atomic E-state index is 12.8. The molecule has 1 aromatic carbocycles. The fourth-order valence-electron chi connectivity index (χ4n) is 1.65. The van der Waals surface area contributed by atoms with E-state index in [4.69, 9.17) is 21.4 Å². The summed E-state index contributed by atoms with van der Waals surface area (Å²) < 4.78 is 43.8. The van der Waals surface area contributed by atoms with Gasteiger partial charge < -0.3 is 9.84 Å². The summed E-state index contributed by atoms with van der Waals surface area (Å²) in [4.78, 5) is 10.9. The van der Waals surface area contributed by atoms with Crippen molar-refractivity contribution >= 4 is 46.2 Å². The second-order valence-corrected chi connectivity index (χ2v) is 5.40. The maximum absolute atomic E-state index is 12.8. The lowest BCUT2D eigenvalue weighted by Gasteiger charge is -2.27. The molecule has 2 rings (SSSR count). The van der Waals surface area contributed by atoms with E-state index in [1.54, 1.807) is 0 Å². The molecule has 0 saturated heterocycles. The van der Waals surface area contributed by atoms with Crippen LogP contribution < -0.4 is 4.74 Å². The standard InChI is InChI=1S/C11H5ClF3IO3/c12-7-3-5(16)1-4-2-6(10(17)18)9(11(13,14)15)19-8(4)7/h1-3,9H,(H,17,18)/t9-/m0/s1. The van der Waals surface area contributed by atoms with Crippen LogP contribution in [0.1, 0.15) is 5.56 Å². The average Bonchev–Trinajstić information content (AvgIpc) is 2.25. The summed E-state index contributed by atoms with van der Waals surface area (Å²) in [6.07, 6.45) is -6.41. The first-order valence-corrected chi connectivity index (χ1v) is 6.33. The molecule has 0 unspecified atom stereocenters. The molecule has 1 N–H and O–H groups in total. The molecule has 19 heavy (non-hydrogen) atoms. The molecule has 1 aliphatic heterocycles. The van der Waals surface area contributed by atoms with E-state index >= 15 is 0 Å². The number of hydrogen-bond donors (Lipinski definition) is 1. The van der Waals surface area contributed by atoms with Crippen LogP contribution in [-0.2, 0) is 4.79 Å². The first-order valence-electron chi connectivity index (χ1n) is 4.87. The Morgan fingerprint density at radius 2 is 2.05 bits per heavy atom. The normalized spacial score (nSPS) is 18.4. The predicted molar refractivity (Wildman–Crippen MR) is 70.3 cm³/mol. The van der Waals surface area contributed by atoms with Crippen LogP contribution in [-0.4, -0.2) is 23.4 Å². The van der Waals surface area contributed by atoms with Crippen LogP contribution >= 0.6 is 34.2 Å². The highest BCUT2D eigenvalue weighted by molar-refractivity contribution is 14.1. The Hall–Kier alpha value is -0.960. The number of fused-ring (bicyclic) bond motifs is 1. The largest absolute Gasteiger partial charge is 0.478 e. The molecular weight excluding hydrogens is 399 g/mol. The topological polar surface area (TPSA) is 46.5 Å². The highest BCUT2D eigenvalue weighted by Gasteiger charge is 2.48. The van der Waals surface area contributed by atoms with Crippen molar-refractivity contribution in [2.24, 2.45) is 0 Å².